The highest BCUT2D eigenvalue weighted by Crippen LogP contribution is 2.34. The van der Waals surface area contributed by atoms with Gasteiger partial charge in [-0.05, 0) is 32.0 Å². The van der Waals surface area contributed by atoms with Crippen LogP contribution in [0.3, 0.4) is 0 Å². The van der Waals surface area contributed by atoms with Crippen LogP contribution >= 0.6 is 0 Å². The van der Waals surface area contributed by atoms with Gasteiger partial charge in [0.1, 0.15) is 17.1 Å². The lowest BCUT2D eigenvalue weighted by molar-refractivity contribution is 0.0597. The zero-order valence-corrected chi connectivity index (χ0v) is 13.3. The predicted octanol–water partition coefficient (Wildman–Crippen LogP) is 2.96. The normalized spacial score (nSPS) is 16.7. The minimum Gasteiger partial charge on any atom is -0.465 e. The Kier molecular flexibility index (Phi) is 3.82. The van der Waals surface area contributed by atoms with Gasteiger partial charge < -0.3 is 19.4 Å². The molecule has 1 aliphatic rings. The molecule has 1 amide bonds. The third-order valence-corrected chi connectivity index (χ3v) is 3.97. The van der Waals surface area contributed by atoms with E-state index < -0.39 is 12.1 Å². The molecule has 0 bridgehead atoms. The molecule has 0 spiro atoms. The van der Waals surface area contributed by atoms with E-state index in [0.29, 0.717) is 29.2 Å². The average Bonchev–Trinajstić information content (AvgIpc) is 2.96. The van der Waals surface area contributed by atoms with Crippen molar-refractivity contribution in [2.75, 3.05) is 19.0 Å². The van der Waals surface area contributed by atoms with Crippen LogP contribution in [-0.4, -0.2) is 30.4 Å². The summed E-state index contributed by atoms with van der Waals surface area (Å²) in [4.78, 5) is 26.1. The Labute approximate surface area is 134 Å². The number of ether oxygens (including phenoxy) is 1. The summed E-state index contributed by atoms with van der Waals surface area (Å²) in [5, 5.41) is 3.30. The number of carbonyl (C=O) groups excluding carboxylic acids is 2. The average molecular weight is 314 g/mol. The molecule has 1 N–H and O–H groups in total. The molecule has 3 rings (SSSR count). The second-order valence-electron chi connectivity index (χ2n) is 5.29. The second-order valence-corrected chi connectivity index (χ2v) is 5.29. The Morgan fingerprint density at radius 1 is 1.39 bits per heavy atom. The predicted molar refractivity (Wildman–Crippen MR) is 84.3 cm³/mol. The Morgan fingerprint density at radius 3 is 2.83 bits per heavy atom. The van der Waals surface area contributed by atoms with E-state index in [1.807, 2.05) is 25.1 Å². The van der Waals surface area contributed by atoms with Gasteiger partial charge in [0, 0.05) is 12.2 Å². The molecule has 1 atom stereocenters. The number of anilines is 1. The molecule has 0 saturated heterocycles. The molecule has 1 aromatic carbocycles. The van der Waals surface area contributed by atoms with Gasteiger partial charge in [-0.1, -0.05) is 12.1 Å². The minimum absolute atomic E-state index is 0.0690. The Hall–Kier alpha value is -2.76. The first-order valence-corrected chi connectivity index (χ1v) is 7.42. The number of para-hydroxylation sites is 1. The summed E-state index contributed by atoms with van der Waals surface area (Å²) in [5.74, 6) is 0.451. The number of benzene rings is 1. The van der Waals surface area contributed by atoms with Gasteiger partial charge in [0.15, 0.2) is 6.17 Å². The lowest BCUT2D eigenvalue weighted by Crippen LogP contribution is -2.42. The molecular formula is C17H18N2O4. The number of esters is 1. The zero-order valence-electron chi connectivity index (χ0n) is 13.3. The van der Waals surface area contributed by atoms with Crippen molar-refractivity contribution in [2.24, 2.45) is 0 Å². The smallest absolute Gasteiger partial charge is 0.341 e. The number of amides is 1. The number of carbonyl (C=O) groups is 2. The maximum absolute atomic E-state index is 12.7. The molecular weight excluding hydrogens is 296 g/mol. The molecule has 0 saturated carbocycles. The fourth-order valence-electron chi connectivity index (χ4n) is 2.80. The van der Waals surface area contributed by atoms with E-state index in [-0.39, 0.29) is 5.91 Å². The third kappa shape index (κ3) is 2.46. The minimum atomic E-state index is -0.459. The molecule has 120 valence electrons. The topological polar surface area (TPSA) is 71.8 Å². The summed E-state index contributed by atoms with van der Waals surface area (Å²) in [7, 11) is 1.32. The monoisotopic (exact) mass is 314 g/mol. The SMILES string of the molecule is CCN1C(=O)c2ccccc2N[C@@H]1c1cc(C(=O)OC)c(C)o1. The van der Waals surface area contributed by atoms with Crippen LogP contribution in [0.2, 0.25) is 0 Å². The van der Waals surface area contributed by atoms with Crippen LogP contribution in [0.15, 0.2) is 34.7 Å². The number of rotatable bonds is 3. The van der Waals surface area contributed by atoms with Crippen LogP contribution in [0, 0.1) is 6.92 Å². The summed E-state index contributed by atoms with van der Waals surface area (Å²) in [6, 6.07) is 8.97. The fraction of sp³-hybridized carbons (Fsp3) is 0.294. The van der Waals surface area contributed by atoms with Crippen molar-refractivity contribution in [3.05, 3.63) is 53.0 Å². The number of nitrogens with zero attached hydrogens (tertiary/aromatic N) is 1. The maximum atomic E-state index is 12.7. The molecule has 2 heterocycles. The van der Waals surface area contributed by atoms with E-state index in [2.05, 4.69) is 5.32 Å². The first-order chi connectivity index (χ1) is 11.1. The van der Waals surface area contributed by atoms with Crippen molar-refractivity contribution in [1.29, 1.82) is 0 Å². The van der Waals surface area contributed by atoms with Crippen molar-refractivity contribution in [2.45, 2.75) is 20.0 Å². The highest BCUT2D eigenvalue weighted by atomic mass is 16.5. The molecule has 0 unspecified atom stereocenters. The van der Waals surface area contributed by atoms with Gasteiger partial charge >= 0.3 is 5.97 Å². The van der Waals surface area contributed by atoms with Crippen LogP contribution in [0.1, 0.15) is 45.3 Å². The quantitative estimate of drug-likeness (QED) is 0.882. The highest BCUT2D eigenvalue weighted by molar-refractivity contribution is 6.01. The van der Waals surface area contributed by atoms with Gasteiger partial charge in [0.05, 0.1) is 12.7 Å². The summed E-state index contributed by atoms with van der Waals surface area (Å²) in [5.41, 5.74) is 1.75. The van der Waals surface area contributed by atoms with E-state index in [1.165, 1.54) is 7.11 Å². The number of fused-ring (bicyclic) bond motifs is 1. The van der Waals surface area contributed by atoms with Crippen LogP contribution in [-0.2, 0) is 4.74 Å². The van der Waals surface area contributed by atoms with Crippen LogP contribution in [0.5, 0.6) is 0 Å². The molecule has 0 aliphatic carbocycles. The maximum Gasteiger partial charge on any atom is 0.341 e. The van der Waals surface area contributed by atoms with E-state index in [0.717, 1.165) is 5.69 Å². The van der Waals surface area contributed by atoms with Crippen LogP contribution in [0.25, 0.3) is 0 Å². The molecule has 0 radical (unpaired) electrons. The number of hydrogen-bond acceptors (Lipinski definition) is 5. The molecule has 23 heavy (non-hydrogen) atoms. The first kappa shape index (κ1) is 15.1. The molecule has 0 fully saturated rings. The summed E-state index contributed by atoms with van der Waals surface area (Å²) >= 11 is 0. The molecule has 6 nitrogen and oxygen atoms in total. The van der Waals surface area contributed by atoms with Gasteiger partial charge in [0.25, 0.3) is 5.91 Å². The van der Waals surface area contributed by atoms with Crippen LogP contribution in [0.4, 0.5) is 5.69 Å². The van der Waals surface area contributed by atoms with Crippen molar-refractivity contribution in [1.82, 2.24) is 4.90 Å². The van der Waals surface area contributed by atoms with Gasteiger partial charge in [0.2, 0.25) is 0 Å². The summed E-state index contributed by atoms with van der Waals surface area (Å²) in [6.45, 7) is 4.11. The zero-order chi connectivity index (χ0) is 16.6. The summed E-state index contributed by atoms with van der Waals surface area (Å²) < 4.78 is 10.5. The van der Waals surface area contributed by atoms with E-state index in [4.69, 9.17) is 9.15 Å². The lowest BCUT2D eigenvalue weighted by Gasteiger charge is -2.36. The van der Waals surface area contributed by atoms with Crippen molar-refractivity contribution in [3.8, 4) is 0 Å². The van der Waals surface area contributed by atoms with Crippen molar-refractivity contribution >= 4 is 17.6 Å². The van der Waals surface area contributed by atoms with Crippen molar-refractivity contribution < 1.29 is 18.7 Å². The molecule has 1 aliphatic heterocycles. The molecule has 1 aromatic heterocycles. The number of furan rings is 1. The first-order valence-electron chi connectivity index (χ1n) is 7.42. The Bertz CT molecular complexity index is 766. The molecule has 2 aromatic rings. The number of hydrogen-bond donors (Lipinski definition) is 1. The molecule has 6 heteroatoms. The number of nitrogens with one attached hydrogen (secondary N) is 1. The Balaban J connectivity index is 2.02. The van der Waals surface area contributed by atoms with Gasteiger partial charge in [-0.3, -0.25) is 4.79 Å². The standard InChI is InChI=1S/C17H18N2O4/c1-4-19-15(14-9-12(10(2)23-14)17(21)22-3)18-13-8-6-5-7-11(13)16(19)20/h5-9,15,18H,4H2,1-3H3/t15-/m0/s1. The van der Waals surface area contributed by atoms with E-state index in [9.17, 15) is 9.59 Å². The number of methoxy groups -OCH3 is 1. The Morgan fingerprint density at radius 2 is 2.13 bits per heavy atom. The fourth-order valence-corrected chi connectivity index (χ4v) is 2.80. The van der Waals surface area contributed by atoms with Crippen LogP contribution < -0.4 is 5.32 Å². The van der Waals surface area contributed by atoms with Gasteiger partial charge in [-0.15, -0.1) is 0 Å². The van der Waals surface area contributed by atoms with Crippen molar-refractivity contribution in [3.63, 3.8) is 0 Å². The van der Waals surface area contributed by atoms with Gasteiger partial charge in [-0.2, -0.15) is 0 Å². The highest BCUT2D eigenvalue weighted by Gasteiger charge is 2.34. The second kappa shape index (κ2) is 5.79. The largest absolute Gasteiger partial charge is 0.465 e. The van der Waals surface area contributed by atoms with E-state index >= 15 is 0 Å². The van der Waals surface area contributed by atoms with E-state index in [1.54, 1.807) is 24.0 Å². The summed E-state index contributed by atoms with van der Waals surface area (Å²) in [6.07, 6.45) is -0.459. The third-order valence-electron chi connectivity index (χ3n) is 3.97. The number of aryl methyl sites for hydroxylation is 1. The van der Waals surface area contributed by atoms with Gasteiger partial charge in [-0.25, -0.2) is 4.79 Å². The lowest BCUT2D eigenvalue weighted by atomic mass is 10.1.